The summed E-state index contributed by atoms with van der Waals surface area (Å²) in [5.41, 5.74) is -0.665. The lowest BCUT2D eigenvalue weighted by Crippen LogP contribution is -2.58. The Kier molecular flexibility index (Phi) is 7.64. The lowest BCUT2D eigenvalue weighted by molar-refractivity contribution is -0.152. The summed E-state index contributed by atoms with van der Waals surface area (Å²) < 4.78 is 37.3. The zero-order chi connectivity index (χ0) is 22.7. The molecule has 0 radical (unpaired) electrons. The van der Waals surface area contributed by atoms with Crippen LogP contribution in [0.5, 0.6) is 0 Å². The highest BCUT2D eigenvalue weighted by molar-refractivity contribution is 7.89. The maximum Gasteiger partial charge on any atom is 0.326 e. The van der Waals surface area contributed by atoms with E-state index in [1.165, 1.54) is 4.31 Å². The minimum absolute atomic E-state index is 0.0376. The average molecular weight is 445 g/mol. The molecule has 10 nitrogen and oxygen atoms in total. The number of hydrogen-bond donors (Lipinski definition) is 1. The van der Waals surface area contributed by atoms with Crippen LogP contribution in [0.25, 0.3) is 0 Å². The summed E-state index contributed by atoms with van der Waals surface area (Å²) in [5, 5.41) is 6.76. The highest BCUT2D eigenvalue weighted by Gasteiger charge is 2.39. The zero-order valence-corrected chi connectivity index (χ0v) is 19.3. The topological polar surface area (TPSA) is 122 Å². The van der Waals surface area contributed by atoms with Gasteiger partial charge in [0.2, 0.25) is 15.9 Å². The van der Waals surface area contributed by atoms with Crippen molar-refractivity contribution in [1.82, 2.24) is 19.7 Å². The summed E-state index contributed by atoms with van der Waals surface area (Å²) in [4.78, 5) is 26.7. The minimum Gasteiger partial charge on any atom is -0.465 e. The smallest absolute Gasteiger partial charge is 0.326 e. The second-order valence-electron chi connectivity index (χ2n) is 7.87. The third-order valence-corrected chi connectivity index (χ3v) is 7.76. The number of aromatic nitrogens is 1. The lowest BCUT2D eigenvalue weighted by atomic mass is 9.88. The fraction of sp³-hybridized carbons (Fsp3) is 0.737. The van der Waals surface area contributed by atoms with Gasteiger partial charge < -0.3 is 14.2 Å². The Morgan fingerprint density at radius 3 is 2.30 bits per heavy atom. The fourth-order valence-electron chi connectivity index (χ4n) is 3.31. The number of hydrogen-bond acceptors (Lipinski definition) is 8. The molecule has 1 unspecified atom stereocenters. The molecule has 0 aliphatic carbocycles. The normalized spacial score (nSPS) is 17.8. The number of aryl methyl sites for hydroxylation is 2. The molecular weight excluding hydrogens is 412 g/mol. The first-order valence-corrected chi connectivity index (χ1v) is 11.5. The molecule has 1 aromatic heterocycles. The molecule has 0 bridgehead atoms. The Morgan fingerprint density at radius 1 is 1.23 bits per heavy atom. The van der Waals surface area contributed by atoms with Gasteiger partial charge in [-0.3, -0.25) is 14.9 Å². The van der Waals surface area contributed by atoms with E-state index in [0.29, 0.717) is 5.69 Å². The number of carbonyl (C=O) groups excluding carboxylic acids is 2. The molecule has 170 valence electrons. The third-order valence-electron chi connectivity index (χ3n) is 5.62. The number of carbonyl (C=O) groups is 2. The molecule has 0 aromatic carbocycles. The summed E-state index contributed by atoms with van der Waals surface area (Å²) >= 11 is 0. The molecule has 0 saturated carbocycles. The van der Waals surface area contributed by atoms with Crippen molar-refractivity contribution in [1.29, 1.82) is 0 Å². The average Bonchev–Trinajstić information content (AvgIpc) is 3.04. The second kappa shape index (κ2) is 9.44. The summed E-state index contributed by atoms with van der Waals surface area (Å²) in [7, 11) is -3.73. The number of rotatable bonds is 8. The molecule has 0 spiro atoms. The van der Waals surface area contributed by atoms with Gasteiger partial charge in [0.15, 0.2) is 5.76 Å². The monoisotopic (exact) mass is 444 g/mol. The Labute approximate surface area is 177 Å². The number of nitrogens with zero attached hydrogens (tertiary/aromatic N) is 3. The third kappa shape index (κ3) is 4.84. The van der Waals surface area contributed by atoms with E-state index in [9.17, 15) is 18.0 Å². The van der Waals surface area contributed by atoms with Crippen molar-refractivity contribution < 1.29 is 27.3 Å². The molecule has 1 N–H and O–H groups in total. The van der Waals surface area contributed by atoms with Crippen LogP contribution in [-0.4, -0.2) is 79.5 Å². The maximum atomic E-state index is 12.9. The lowest BCUT2D eigenvalue weighted by Gasteiger charge is -2.36. The van der Waals surface area contributed by atoms with Crippen molar-refractivity contribution in [2.24, 2.45) is 5.92 Å². The molecule has 1 amide bonds. The SMILES string of the molecule is CCOC(=O)C(C)(NCC(=O)N1CCN(S(=O)(=O)c2c(C)noc2C)CC1)C(C)C. The maximum absolute atomic E-state index is 12.9. The predicted octanol–water partition coefficient (Wildman–Crippen LogP) is 0.692. The summed E-state index contributed by atoms with van der Waals surface area (Å²) in [5.74, 6) is -0.424. The van der Waals surface area contributed by atoms with Crippen LogP contribution in [0.15, 0.2) is 9.42 Å². The second-order valence-corrected chi connectivity index (χ2v) is 9.74. The van der Waals surface area contributed by atoms with Crippen molar-refractivity contribution in [3.63, 3.8) is 0 Å². The van der Waals surface area contributed by atoms with E-state index in [1.54, 1.807) is 32.6 Å². The van der Waals surface area contributed by atoms with E-state index >= 15 is 0 Å². The van der Waals surface area contributed by atoms with Crippen LogP contribution in [-0.2, 0) is 24.3 Å². The molecule has 30 heavy (non-hydrogen) atoms. The van der Waals surface area contributed by atoms with E-state index < -0.39 is 21.5 Å². The predicted molar refractivity (Wildman–Crippen MR) is 109 cm³/mol. The first kappa shape index (κ1) is 24.3. The van der Waals surface area contributed by atoms with Gasteiger partial charge in [0, 0.05) is 26.2 Å². The Hall–Kier alpha value is -1.98. The van der Waals surface area contributed by atoms with E-state index in [1.807, 2.05) is 13.8 Å². The minimum atomic E-state index is -3.73. The number of amides is 1. The van der Waals surface area contributed by atoms with E-state index in [4.69, 9.17) is 9.26 Å². The highest BCUT2D eigenvalue weighted by atomic mass is 32.2. The first-order chi connectivity index (χ1) is 13.9. The van der Waals surface area contributed by atoms with Crippen molar-refractivity contribution in [2.75, 3.05) is 39.3 Å². The standard InChI is InChI=1S/C19H32N4O6S/c1-7-28-18(25)19(6,13(2)3)20-12-16(24)22-8-10-23(11-9-22)30(26,27)17-14(4)21-29-15(17)5/h13,20H,7-12H2,1-6H3. The van der Waals surface area contributed by atoms with Crippen LogP contribution in [0.3, 0.4) is 0 Å². The largest absolute Gasteiger partial charge is 0.465 e. The van der Waals surface area contributed by atoms with E-state index in [2.05, 4.69) is 10.5 Å². The van der Waals surface area contributed by atoms with Gasteiger partial charge in [0.25, 0.3) is 0 Å². The summed E-state index contributed by atoms with van der Waals surface area (Å²) in [6, 6.07) is 0. The van der Waals surface area contributed by atoms with Crippen LogP contribution in [0.4, 0.5) is 0 Å². The quantitative estimate of drug-likeness (QED) is 0.581. The van der Waals surface area contributed by atoms with Gasteiger partial charge in [-0.05, 0) is 33.6 Å². The van der Waals surface area contributed by atoms with Gasteiger partial charge in [-0.15, -0.1) is 0 Å². The fourth-order valence-corrected chi connectivity index (χ4v) is 5.03. The van der Waals surface area contributed by atoms with Gasteiger partial charge >= 0.3 is 5.97 Å². The Bertz CT molecular complexity index is 854. The van der Waals surface area contributed by atoms with Crippen LogP contribution >= 0.6 is 0 Å². The molecule has 11 heteroatoms. The molecule has 1 atom stereocenters. The van der Waals surface area contributed by atoms with Crippen LogP contribution < -0.4 is 5.32 Å². The Balaban J connectivity index is 1.98. The van der Waals surface area contributed by atoms with Crippen molar-refractivity contribution >= 4 is 21.9 Å². The number of esters is 1. The van der Waals surface area contributed by atoms with Crippen LogP contribution in [0.2, 0.25) is 0 Å². The molecule has 1 aliphatic rings. The van der Waals surface area contributed by atoms with Crippen molar-refractivity contribution in [2.45, 2.75) is 52.0 Å². The number of ether oxygens (including phenoxy) is 1. The van der Waals surface area contributed by atoms with Crippen molar-refractivity contribution in [3.05, 3.63) is 11.5 Å². The van der Waals surface area contributed by atoms with Gasteiger partial charge in [0.05, 0.1) is 13.2 Å². The van der Waals surface area contributed by atoms with Crippen LogP contribution in [0.1, 0.15) is 39.1 Å². The van der Waals surface area contributed by atoms with Gasteiger partial charge in [-0.1, -0.05) is 19.0 Å². The molecule has 2 heterocycles. The zero-order valence-electron chi connectivity index (χ0n) is 18.5. The molecular formula is C19H32N4O6S. The molecule has 1 aliphatic heterocycles. The van der Waals surface area contributed by atoms with E-state index in [-0.39, 0.29) is 61.8 Å². The van der Waals surface area contributed by atoms with Gasteiger partial charge in [-0.25, -0.2) is 8.42 Å². The van der Waals surface area contributed by atoms with E-state index in [0.717, 1.165) is 0 Å². The number of nitrogens with one attached hydrogen (secondary N) is 1. The summed E-state index contributed by atoms with van der Waals surface area (Å²) in [6.45, 7) is 11.5. The van der Waals surface area contributed by atoms with Crippen molar-refractivity contribution in [3.8, 4) is 0 Å². The van der Waals surface area contributed by atoms with Crippen LogP contribution in [0, 0.1) is 19.8 Å². The van der Waals surface area contributed by atoms with Gasteiger partial charge in [0.1, 0.15) is 16.1 Å². The number of piperazine rings is 1. The molecule has 1 aromatic rings. The number of sulfonamides is 1. The Morgan fingerprint density at radius 2 is 1.83 bits per heavy atom. The van der Waals surface area contributed by atoms with Gasteiger partial charge in [-0.2, -0.15) is 4.31 Å². The molecule has 1 saturated heterocycles. The first-order valence-electron chi connectivity index (χ1n) is 10.1. The molecule has 2 rings (SSSR count). The molecule has 1 fully saturated rings. The highest BCUT2D eigenvalue weighted by Crippen LogP contribution is 2.24. The summed E-state index contributed by atoms with van der Waals surface area (Å²) in [6.07, 6.45) is 0.